The van der Waals surface area contributed by atoms with Crippen molar-refractivity contribution in [3.8, 4) is 5.75 Å². The van der Waals surface area contributed by atoms with Gasteiger partial charge in [0.05, 0.1) is 0 Å². The smallest absolute Gasteiger partial charge is 0.322 e. The van der Waals surface area contributed by atoms with Gasteiger partial charge in [0.2, 0.25) is 0 Å². The fourth-order valence-electron chi connectivity index (χ4n) is 2.35. The second-order valence-corrected chi connectivity index (χ2v) is 6.15. The monoisotopic (exact) mass is 346 g/mol. The van der Waals surface area contributed by atoms with Crippen molar-refractivity contribution in [3.05, 3.63) is 59.1 Å². The first-order chi connectivity index (χ1) is 11.5. The Bertz CT molecular complexity index is 673. The van der Waals surface area contributed by atoms with E-state index in [4.69, 9.17) is 16.3 Å². The first-order valence-corrected chi connectivity index (χ1v) is 8.46. The van der Waals surface area contributed by atoms with Crippen LogP contribution < -0.4 is 15.4 Å². The highest BCUT2D eigenvalue weighted by Crippen LogP contribution is 2.26. The number of halogens is 1. The van der Waals surface area contributed by atoms with Crippen molar-refractivity contribution in [2.24, 2.45) is 0 Å². The third kappa shape index (κ3) is 5.17. The van der Waals surface area contributed by atoms with Gasteiger partial charge in [-0.05, 0) is 55.2 Å². The zero-order chi connectivity index (χ0) is 17.5. The number of carbonyl (C=O) groups excluding carboxylic acids is 1. The van der Waals surface area contributed by atoms with E-state index in [1.165, 1.54) is 0 Å². The summed E-state index contributed by atoms with van der Waals surface area (Å²) in [6.45, 7) is 6.04. The van der Waals surface area contributed by atoms with Gasteiger partial charge in [-0.25, -0.2) is 4.79 Å². The first-order valence-electron chi connectivity index (χ1n) is 8.08. The summed E-state index contributed by atoms with van der Waals surface area (Å²) in [5.74, 6) is 1.02. The summed E-state index contributed by atoms with van der Waals surface area (Å²) < 4.78 is 5.65. The van der Waals surface area contributed by atoms with Crippen LogP contribution in [0.25, 0.3) is 0 Å². The van der Waals surface area contributed by atoms with Crippen molar-refractivity contribution in [3.63, 3.8) is 0 Å². The molecule has 2 aromatic carbocycles. The SMILES string of the molecule is CCC(C)c1ccccc1NC(=O)NC(C)Oc1ccc(Cl)cc1. The van der Waals surface area contributed by atoms with Gasteiger partial charge in [0.15, 0.2) is 6.23 Å². The van der Waals surface area contributed by atoms with E-state index < -0.39 is 6.23 Å². The summed E-state index contributed by atoms with van der Waals surface area (Å²) in [5.41, 5.74) is 1.95. The lowest BCUT2D eigenvalue weighted by Crippen LogP contribution is -2.39. The molecule has 0 aliphatic heterocycles. The minimum atomic E-state index is -0.470. The van der Waals surface area contributed by atoms with Gasteiger partial charge in [-0.3, -0.25) is 0 Å². The molecule has 4 nitrogen and oxygen atoms in total. The Morgan fingerprint density at radius 1 is 1.12 bits per heavy atom. The average molecular weight is 347 g/mol. The van der Waals surface area contributed by atoms with Crippen LogP contribution in [0.3, 0.4) is 0 Å². The summed E-state index contributed by atoms with van der Waals surface area (Å²) in [7, 11) is 0. The highest BCUT2D eigenvalue weighted by atomic mass is 35.5. The first kappa shape index (κ1) is 18.1. The maximum Gasteiger partial charge on any atom is 0.322 e. The molecule has 2 rings (SSSR count). The molecule has 0 aromatic heterocycles. The number of ether oxygens (including phenoxy) is 1. The fraction of sp³-hybridized carbons (Fsp3) is 0.316. The molecule has 0 fully saturated rings. The number of rotatable bonds is 6. The van der Waals surface area contributed by atoms with Gasteiger partial charge in [0.1, 0.15) is 5.75 Å². The molecule has 2 atom stereocenters. The number of para-hydroxylation sites is 1. The molecule has 0 saturated carbocycles. The van der Waals surface area contributed by atoms with Gasteiger partial charge in [-0.15, -0.1) is 0 Å². The maximum atomic E-state index is 12.2. The molecule has 2 unspecified atom stereocenters. The number of carbonyl (C=O) groups is 1. The minimum absolute atomic E-state index is 0.299. The maximum absolute atomic E-state index is 12.2. The number of anilines is 1. The predicted octanol–water partition coefficient (Wildman–Crippen LogP) is 5.40. The predicted molar refractivity (Wildman–Crippen MR) is 98.8 cm³/mol. The molecule has 2 aromatic rings. The minimum Gasteiger partial charge on any atom is -0.471 e. The average Bonchev–Trinajstić information content (AvgIpc) is 2.56. The number of nitrogens with one attached hydrogen (secondary N) is 2. The quantitative estimate of drug-likeness (QED) is 0.688. The normalized spacial score (nSPS) is 13.0. The molecule has 5 heteroatoms. The summed E-state index contributed by atoms with van der Waals surface area (Å²) in [5, 5.41) is 6.31. The van der Waals surface area contributed by atoms with Gasteiger partial charge >= 0.3 is 6.03 Å². The van der Waals surface area contributed by atoms with E-state index in [2.05, 4.69) is 24.5 Å². The molecule has 0 spiro atoms. The van der Waals surface area contributed by atoms with E-state index in [0.717, 1.165) is 17.7 Å². The molecule has 2 amide bonds. The second kappa shape index (κ2) is 8.60. The van der Waals surface area contributed by atoms with Crippen molar-refractivity contribution in [1.82, 2.24) is 5.32 Å². The van der Waals surface area contributed by atoms with Crippen LogP contribution in [0.4, 0.5) is 10.5 Å². The third-order valence-corrected chi connectivity index (χ3v) is 4.07. The van der Waals surface area contributed by atoms with Crippen molar-refractivity contribution in [2.45, 2.75) is 39.3 Å². The Balaban J connectivity index is 1.94. The highest BCUT2D eigenvalue weighted by molar-refractivity contribution is 6.30. The van der Waals surface area contributed by atoms with Gasteiger partial charge in [0.25, 0.3) is 0 Å². The van der Waals surface area contributed by atoms with Crippen LogP contribution in [0.15, 0.2) is 48.5 Å². The Hall–Kier alpha value is -2.20. The van der Waals surface area contributed by atoms with Crippen LogP contribution >= 0.6 is 11.6 Å². The van der Waals surface area contributed by atoms with Crippen LogP contribution in [-0.4, -0.2) is 12.3 Å². The molecule has 0 aliphatic rings. The van der Waals surface area contributed by atoms with Crippen molar-refractivity contribution in [2.75, 3.05) is 5.32 Å². The molecule has 128 valence electrons. The number of amides is 2. The molecule has 0 saturated heterocycles. The van der Waals surface area contributed by atoms with Gasteiger partial charge in [-0.1, -0.05) is 43.6 Å². The molecular weight excluding hydrogens is 324 g/mol. The van der Waals surface area contributed by atoms with Crippen molar-refractivity contribution < 1.29 is 9.53 Å². The topological polar surface area (TPSA) is 50.4 Å². The van der Waals surface area contributed by atoms with Crippen molar-refractivity contribution in [1.29, 1.82) is 0 Å². The van der Waals surface area contributed by atoms with Crippen molar-refractivity contribution >= 4 is 23.3 Å². The van der Waals surface area contributed by atoms with Crippen LogP contribution in [0.5, 0.6) is 5.75 Å². The van der Waals surface area contributed by atoms with Crippen LogP contribution in [-0.2, 0) is 0 Å². The molecule has 0 aliphatic carbocycles. The molecule has 0 radical (unpaired) electrons. The molecule has 0 bridgehead atoms. The highest BCUT2D eigenvalue weighted by Gasteiger charge is 2.13. The Morgan fingerprint density at radius 2 is 1.79 bits per heavy atom. The lowest BCUT2D eigenvalue weighted by Gasteiger charge is -2.19. The largest absolute Gasteiger partial charge is 0.471 e. The molecular formula is C19H23ClN2O2. The Labute approximate surface area is 148 Å². The van der Waals surface area contributed by atoms with Gasteiger partial charge in [0, 0.05) is 10.7 Å². The number of hydrogen-bond acceptors (Lipinski definition) is 2. The summed E-state index contributed by atoms with van der Waals surface area (Å²) in [4.78, 5) is 12.2. The van der Waals surface area contributed by atoms with Crippen LogP contribution in [0.2, 0.25) is 5.02 Å². The van der Waals surface area contributed by atoms with Gasteiger partial charge in [-0.2, -0.15) is 0 Å². The van der Waals surface area contributed by atoms with E-state index in [9.17, 15) is 4.79 Å². The van der Waals surface area contributed by atoms with Crippen LogP contribution in [0, 0.1) is 0 Å². The Kier molecular flexibility index (Phi) is 6.50. The summed E-state index contributed by atoms with van der Waals surface area (Å²) in [6, 6.07) is 14.5. The number of urea groups is 1. The van der Waals surface area contributed by atoms with Crippen LogP contribution in [0.1, 0.15) is 38.7 Å². The zero-order valence-corrected chi connectivity index (χ0v) is 14.9. The van der Waals surface area contributed by atoms with E-state index in [1.54, 1.807) is 31.2 Å². The zero-order valence-electron chi connectivity index (χ0n) is 14.2. The van der Waals surface area contributed by atoms with E-state index in [1.807, 2.05) is 24.3 Å². The second-order valence-electron chi connectivity index (χ2n) is 5.71. The number of hydrogen-bond donors (Lipinski definition) is 2. The van der Waals surface area contributed by atoms with E-state index in [-0.39, 0.29) is 6.03 Å². The lowest BCUT2D eigenvalue weighted by molar-refractivity contribution is 0.183. The Morgan fingerprint density at radius 3 is 2.46 bits per heavy atom. The molecule has 24 heavy (non-hydrogen) atoms. The summed E-state index contributed by atoms with van der Waals surface area (Å²) in [6.07, 6.45) is 0.540. The third-order valence-electron chi connectivity index (χ3n) is 3.81. The number of benzene rings is 2. The molecule has 2 N–H and O–H groups in total. The van der Waals surface area contributed by atoms with E-state index >= 15 is 0 Å². The van der Waals surface area contributed by atoms with Gasteiger partial charge < -0.3 is 15.4 Å². The summed E-state index contributed by atoms with van der Waals surface area (Å²) >= 11 is 5.84. The standard InChI is InChI=1S/C19H23ClN2O2/c1-4-13(2)17-7-5-6-8-18(17)22-19(23)21-14(3)24-16-11-9-15(20)10-12-16/h5-14H,4H2,1-3H3,(H2,21,22,23). The lowest BCUT2D eigenvalue weighted by atomic mass is 9.97. The fourth-order valence-corrected chi connectivity index (χ4v) is 2.48. The van der Waals surface area contributed by atoms with E-state index in [0.29, 0.717) is 16.7 Å². The molecule has 0 heterocycles.